The van der Waals surface area contributed by atoms with Crippen LogP contribution in [0.4, 0.5) is 8.78 Å². The molecule has 2 aliphatic heterocycles. The second kappa shape index (κ2) is 26.1. The standard InChI is InChI=1S/C18H17BrFNO4.C18H14FNO3.CH4O3S.CH2O3.2K.H/c1-11(10-19)25-15-8-7-13(20)9-14(15)16(18(23)24)21-17(22)12-5-3-2-4-6-12;1-11-10-18(14-9-13(19)7-8-15(14)22-11)17(21)23-16(20-18)12-5-3-2-4-6-12;1-5(2,3)4;2-1-4-3;;;/h2-9,11,16H,10H2,1H3,(H,21,22)(H,23,24);2-9,11H,10H2,1H3;1H3,(H,2,3,4);1,3H;;;/q;;;;2*+1;-1/p-1/t11-,16?;11-,18?;;;;;/m11...../s1. The third kappa shape index (κ3) is 17.1. The average molecular weight is 958 g/mol. The molecule has 0 aliphatic carbocycles. The molecule has 1 spiro atoms. The molecule has 59 heavy (non-hydrogen) atoms. The van der Waals surface area contributed by atoms with Gasteiger partial charge in [0, 0.05) is 34.0 Å². The molecule has 0 saturated heterocycles. The van der Waals surface area contributed by atoms with Gasteiger partial charge in [-0.1, -0.05) is 52.3 Å². The summed E-state index contributed by atoms with van der Waals surface area (Å²) in [5.74, 6) is -2.48. The molecule has 0 radical (unpaired) electrons. The number of rotatable bonds is 9. The van der Waals surface area contributed by atoms with Gasteiger partial charge in [0.05, 0.1) is 12.4 Å². The van der Waals surface area contributed by atoms with Crippen molar-refractivity contribution in [2.45, 2.75) is 44.1 Å². The van der Waals surface area contributed by atoms with E-state index in [9.17, 15) is 36.7 Å². The Morgan fingerprint density at radius 2 is 1.59 bits per heavy atom. The second-order valence-electron chi connectivity index (χ2n) is 12.1. The monoisotopic (exact) mass is 956 g/mol. The van der Waals surface area contributed by atoms with Crippen LogP contribution in [0.15, 0.2) is 102 Å². The Kier molecular flexibility index (Phi) is 24.1. The van der Waals surface area contributed by atoms with Crippen LogP contribution in [0, 0.1) is 11.6 Å². The minimum atomic E-state index is -3.67. The predicted molar refractivity (Wildman–Crippen MR) is 202 cm³/mol. The first kappa shape index (κ1) is 54.5. The fraction of sp³-hybridized carbons (Fsp3) is 0.237. The maximum Gasteiger partial charge on any atom is 1.00 e. The number of carbonyl (C=O) groups excluding carboxylic acids is 3. The summed E-state index contributed by atoms with van der Waals surface area (Å²) < 4.78 is 70.0. The number of halogens is 3. The van der Waals surface area contributed by atoms with E-state index in [2.05, 4.69) is 31.1 Å². The first-order chi connectivity index (χ1) is 26.9. The molecule has 0 fully saturated rings. The van der Waals surface area contributed by atoms with Gasteiger partial charge in [0.1, 0.15) is 29.2 Å². The number of hydrogen-bond donors (Lipinski definition) is 3. The molecular weight excluding hydrogens is 921 g/mol. The smallest absolute Gasteiger partial charge is 1.00 e. The molecule has 4 aromatic carbocycles. The number of benzene rings is 4. The van der Waals surface area contributed by atoms with Crippen LogP contribution >= 0.6 is 15.9 Å². The Hall–Kier alpha value is -2.49. The minimum Gasteiger partial charge on any atom is -1.00 e. The summed E-state index contributed by atoms with van der Waals surface area (Å²) in [6.07, 6.45) is 0.550. The summed E-state index contributed by atoms with van der Waals surface area (Å²) in [5.41, 5.74) is 0.257. The van der Waals surface area contributed by atoms with Crippen LogP contribution in [0.3, 0.4) is 0 Å². The van der Waals surface area contributed by atoms with Crippen molar-refractivity contribution in [2.75, 3.05) is 11.6 Å². The second-order valence-corrected chi connectivity index (χ2v) is 14.2. The molecule has 0 aromatic heterocycles. The van der Waals surface area contributed by atoms with E-state index < -0.39 is 51.2 Å². The zero-order chi connectivity index (χ0) is 42.3. The Morgan fingerprint density at radius 3 is 2.14 bits per heavy atom. The van der Waals surface area contributed by atoms with Crippen LogP contribution in [-0.4, -0.2) is 72.1 Å². The Morgan fingerprint density at radius 1 is 1.05 bits per heavy atom. The van der Waals surface area contributed by atoms with Crippen molar-refractivity contribution in [3.8, 4) is 11.5 Å². The number of carboxylic acid groups (broad SMARTS) is 1. The molecule has 306 valence electrons. The third-order valence-electron chi connectivity index (χ3n) is 7.56. The summed E-state index contributed by atoms with van der Waals surface area (Å²) in [7, 11) is -3.67. The molecule has 3 N–H and O–H groups in total. The number of ether oxygens (including phenoxy) is 3. The predicted octanol–water partition coefficient (Wildman–Crippen LogP) is -1.20. The van der Waals surface area contributed by atoms with Crippen molar-refractivity contribution in [1.29, 1.82) is 0 Å². The Balaban J connectivity index is 0.000000927. The number of esters is 1. The maximum absolute atomic E-state index is 13.7. The molecule has 0 saturated carbocycles. The number of aliphatic carboxylic acids is 1. The van der Waals surface area contributed by atoms with Crippen molar-refractivity contribution in [2.24, 2.45) is 4.99 Å². The van der Waals surface area contributed by atoms with Crippen LogP contribution in [-0.2, 0) is 39.7 Å². The molecule has 0 bridgehead atoms. The van der Waals surface area contributed by atoms with Crippen LogP contribution < -0.4 is 123 Å². The van der Waals surface area contributed by atoms with Crippen LogP contribution in [0.1, 0.15) is 54.8 Å². The number of hydrogen-bond acceptors (Lipinski definition) is 12. The first-order valence-electron chi connectivity index (χ1n) is 16.5. The average Bonchev–Trinajstić information content (AvgIpc) is 3.50. The van der Waals surface area contributed by atoms with Gasteiger partial charge in [-0.25, -0.2) is 23.4 Å². The molecule has 1 amide bonds. The first-order valence-corrected chi connectivity index (χ1v) is 19.5. The molecule has 2 aliphatic rings. The number of nitrogens with one attached hydrogen (secondary N) is 1. The van der Waals surface area contributed by atoms with Gasteiger partial charge in [-0.2, -0.15) is 8.42 Å². The Bertz CT molecular complexity index is 2170. The fourth-order valence-electron chi connectivity index (χ4n) is 5.31. The number of fused-ring (bicyclic) bond motifs is 2. The van der Waals surface area contributed by atoms with E-state index in [1.165, 1.54) is 30.3 Å². The number of carboxylic acids is 1. The van der Waals surface area contributed by atoms with Gasteiger partial charge in [-0.05, 0) is 74.5 Å². The van der Waals surface area contributed by atoms with Crippen LogP contribution in [0.2, 0.25) is 0 Å². The van der Waals surface area contributed by atoms with Gasteiger partial charge < -0.3 is 36.2 Å². The van der Waals surface area contributed by atoms with Crippen LogP contribution in [0.25, 0.3) is 0 Å². The van der Waals surface area contributed by atoms with Crippen molar-refractivity contribution in [1.82, 2.24) is 5.32 Å². The van der Waals surface area contributed by atoms with Gasteiger partial charge >= 0.3 is 115 Å². The maximum atomic E-state index is 13.7. The summed E-state index contributed by atoms with van der Waals surface area (Å²) in [4.78, 5) is 52.4. The third-order valence-corrected chi connectivity index (χ3v) is 8.48. The summed E-state index contributed by atoms with van der Waals surface area (Å²) in [6, 6.07) is 23.7. The molecular formula is C38H37BrF2K2N2O13S. The topological polar surface area (TPSA) is 227 Å². The van der Waals surface area contributed by atoms with Gasteiger partial charge in [0.15, 0.2) is 11.6 Å². The normalized spacial score (nSPS) is 16.8. The number of alkyl halides is 1. The molecule has 2 unspecified atom stereocenters. The number of nitrogens with zero attached hydrogens (tertiary/aromatic N) is 1. The summed E-state index contributed by atoms with van der Waals surface area (Å²) in [6.45, 7) is 3.46. The van der Waals surface area contributed by atoms with Crippen molar-refractivity contribution < 1.29 is 175 Å². The van der Waals surface area contributed by atoms with Crippen molar-refractivity contribution >= 4 is 56.3 Å². The van der Waals surface area contributed by atoms with E-state index in [-0.39, 0.29) is 140 Å². The van der Waals surface area contributed by atoms with E-state index in [0.29, 0.717) is 34.9 Å². The number of amides is 1. The number of aliphatic imine (C=N–C) groups is 1. The Labute approximate surface area is 433 Å². The molecule has 21 heteroatoms. The molecule has 4 aromatic rings. The summed E-state index contributed by atoms with van der Waals surface area (Å²) in [5, 5.41) is 20.9. The van der Waals surface area contributed by atoms with Crippen LogP contribution in [0.5, 0.6) is 11.5 Å². The van der Waals surface area contributed by atoms with E-state index in [0.717, 1.165) is 11.6 Å². The van der Waals surface area contributed by atoms with Gasteiger partial charge in [0.25, 0.3) is 22.5 Å². The minimum absolute atomic E-state index is 0. The zero-order valence-electron chi connectivity index (χ0n) is 33.3. The van der Waals surface area contributed by atoms with Crippen molar-refractivity contribution in [3.63, 3.8) is 0 Å². The SMILES string of the molecule is CS(=O)(=O)O.C[C@@H]1CC2(N=C(c3ccccc3)OC2=O)c2cc(F)ccc2O1.C[C@H](CBr)Oc1ccc(F)cc1C(NC(=O)c1ccccc1)C(=O)O.O=CO[O-].[H-].[K+].[K+]. The number of cyclic esters (lactones) is 1. The summed E-state index contributed by atoms with van der Waals surface area (Å²) >= 11 is 3.26. The van der Waals surface area contributed by atoms with E-state index in [4.69, 9.17) is 28.8 Å². The van der Waals surface area contributed by atoms with Gasteiger partial charge in [0.2, 0.25) is 5.90 Å². The molecule has 2 heterocycles. The fourth-order valence-corrected chi connectivity index (χ4v) is 5.44. The molecule has 6 rings (SSSR count). The molecule has 4 atom stereocenters. The molecule has 15 nitrogen and oxygen atoms in total. The largest absolute Gasteiger partial charge is 1.00 e. The van der Waals surface area contributed by atoms with E-state index in [1.54, 1.807) is 37.3 Å². The van der Waals surface area contributed by atoms with E-state index in [1.807, 2.05) is 37.3 Å². The van der Waals surface area contributed by atoms with Gasteiger partial charge in [-0.15, -0.1) is 0 Å². The van der Waals surface area contributed by atoms with Crippen molar-refractivity contribution in [3.05, 3.63) is 131 Å². The zero-order valence-corrected chi connectivity index (χ0v) is 41.0. The van der Waals surface area contributed by atoms with Gasteiger partial charge in [-0.3, -0.25) is 14.1 Å². The number of carbonyl (C=O) groups is 4. The van der Waals surface area contributed by atoms with E-state index >= 15 is 0 Å². The quantitative estimate of drug-likeness (QED) is 0.0342.